The van der Waals surface area contributed by atoms with E-state index in [4.69, 9.17) is 0 Å². The van der Waals surface area contributed by atoms with Gasteiger partial charge in [-0.05, 0) is 12.0 Å². The highest BCUT2D eigenvalue weighted by Gasteiger charge is 2.05. The second kappa shape index (κ2) is 3.29. The zero-order valence-corrected chi connectivity index (χ0v) is 8.32. The van der Waals surface area contributed by atoms with Crippen molar-refractivity contribution in [3.63, 3.8) is 0 Å². The van der Waals surface area contributed by atoms with E-state index in [2.05, 4.69) is 23.8 Å². The highest BCUT2D eigenvalue weighted by molar-refractivity contribution is 5.73. The molecule has 0 unspecified atom stereocenters. The molecule has 74 valence electrons. The summed E-state index contributed by atoms with van der Waals surface area (Å²) in [6, 6.07) is 1.77. The van der Waals surface area contributed by atoms with Crippen molar-refractivity contribution < 1.29 is 0 Å². The highest BCUT2D eigenvalue weighted by Crippen LogP contribution is 2.03. The summed E-state index contributed by atoms with van der Waals surface area (Å²) in [4.78, 5) is 18.9. The van der Waals surface area contributed by atoms with Crippen molar-refractivity contribution in [1.82, 2.24) is 14.5 Å². The van der Waals surface area contributed by atoms with E-state index in [1.165, 1.54) is 0 Å². The third kappa shape index (κ3) is 1.43. The van der Waals surface area contributed by atoms with E-state index in [0.717, 1.165) is 0 Å². The predicted octanol–water partition coefficient (Wildman–Crippen LogP) is 1.38. The Bertz CT molecular complexity index is 495. The molecule has 2 aromatic rings. The number of nitrogens with zero attached hydrogens (tertiary/aromatic N) is 2. The lowest BCUT2D eigenvalue weighted by atomic mass is 10.2. The molecular formula is C10H13N3O. The minimum Gasteiger partial charge on any atom is -0.346 e. The molecule has 0 bridgehead atoms. The smallest absolute Gasteiger partial charge is 0.262 e. The van der Waals surface area contributed by atoms with Crippen LogP contribution in [0.25, 0.3) is 11.0 Å². The van der Waals surface area contributed by atoms with E-state index in [1.807, 2.05) is 0 Å². The number of H-pyrrole nitrogens is 1. The molecule has 0 aromatic carbocycles. The van der Waals surface area contributed by atoms with Crippen molar-refractivity contribution in [1.29, 1.82) is 0 Å². The van der Waals surface area contributed by atoms with E-state index in [9.17, 15) is 4.79 Å². The van der Waals surface area contributed by atoms with Crippen LogP contribution in [0.2, 0.25) is 0 Å². The maximum Gasteiger partial charge on any atom is 0.262 e. The first-order valence-corrected chi connectivity index (χ1v) is 4.71. The van der Waals surface area contributed by atoms with Gasteiger partial charge in [-0.3, -0.25) is 9.36 Å². The first-order chi connectivity index (χ1) is 6.68. The minimum absolute atomic E-state index is 0.0324. The van der Waals surface area contributed by atoms with E-state index < -0.39 is 0 Å². The summed E-state index contributed by atoms with van der Waals surface area (Å²) in [6.07, 6.45) is 3.33. The Morgan fingerprint density at radius 2 is 2.36 bits per heavy atom. The van der Waals surface area contributed by atoms with Crippen LogP contribution in [0.4, 0.5) is 0 Å². The number of aromatic nitrogens is 3. The number of hydrogen-bond acceptors (Lipinski definition) is 2. The molecule has 4 nitrogen and oxygen atoms in total. The van der Waals surface area contributed by atoms with Crippen LogP contribution in [0.1, 0.15) is 13.8 Å². The number of aromatic amines is 1. The molecule has 14 heavy (non-hydrogen) atoms. The Morgan fingerprint density at radius 3 is 3.07 bits per heavy atom. The van der Waals surface area contributed by atoms with Gasteiger partial charge in [0.25, 0.3) is 5.56 Å². The van der Waals surface area contributed by atoms with Crippen LogP contribution in [0.15, 0.2) is 23.4 Å². The van der Waals surface area contributed by atoms with E-state index >= 15 is 0 Å². The van der Waals surface area contributed by atoms with Gasteiger partial charge in [-0.25, -0.2) is 4.98 Å². The second-order valence-electron chi connectivity index (χ2n) is 3.84. The topological polar surface area (TPSA) is 50.7 Å². The molecule has 2 heterocycles. The quantitative estimate of drug-likeness (QED) is 0.779. The fourth-order valence-corrected chi connectivity index (χ4v) is 1.50. The molecule has 2 rings (SSSR count). The Kier molecular flexibility index (Phi) is 2.11. The summed E-state index contributed by atoms with van der Waals surface area (Å²) < 4.78 is 1.65. The molecule has 0 atom stereocenters. The SMILES string of the molecule is CC(C)Cn1cnc2[nH]ccc2c1=O. The molecule has 2 aromatic heterocycles. The molecule has 0 saturated carbocycles. The van der Waals surface area contributed by atoms with Crippen LogP contribution in [0.5, 0.6) is 0 Å². The van der Waals surface area contributed by atoms with Gasteiger partial charge in [-0.15, -0.1) is 0 Å². The van der Waals surface area contributed by atoms with Crippen LogP contribution < -0.4 is 5.56 Å². The predicted molar refractivity (Wildman–Crippen MR) is 55.2 cm³/mol. The fraction of sp³-hybridized carbons (Fsp3) is 0.400. The average molecular weight is 191 g/mol. The van der Waals surface area contributed by atoms with E-state index in [-0.39, 0.29) is 5.56 Å². The zero-order valence-electron chi connectivity index (χ0n) is 8.32. The van der Waals surface area contributed by atoms with Crippen molar-refractivity contribution in [2.45, 2.75) is 20.4 Å². The molecule has 0 aliphatic rings. The fourth-order valence-electron chi connectivity index (χ4n) is 1.50. The lowest BCUT2D eigenvalue weighted by Crippen LogP contribution is -2.22. The normalized spacial score (nSPS) is 11.4. The Balaban J connectivity index is 2.57. The lowest BCUT2D eigenvalue weighted by Gasteiger charge is -2.07. The molecule has 4 heteroatoms. The first kappa shape index (κ1) is 8.99. The zero-order chi connectivity index (χ0) is 10.1. The van der Waals surface area contributed by atoms with Gasteiger partial charge in [0.15, 0.2) is 0 Å². The average Bonchev–Trinajstić information content (AvgIpc) is 2.57. The Labute approximate surface area is 81.6 Å². The Morgan fingerprint density at radius 1 is 1.57 bits per heavy atom. The van der Waals surface area contributed by atoms with Crippen molar-refractivity contribution in [2.24, 2.45) is 5.92 Å². The Hall–Kier alpha value is -1.58. The summed E-state index contributed by atoms with van der Waals surface area (Å²) in [6.45, 7) is 4.87. The first-order valence-electron chi connectivity index (χ1n) is 4.71. The van der Waals surface area contributed by atoms with Gasteiger partial charge in [0.05, 0.1) is 11.7 Å². The van der Waals surface area contributed by atoms with Crippen LogP contribution in [0, 0.1) is 5.92 Å². The van der Waals surface area contributed by atoms with Crippen LogP contribution >= 0.6 is 0 Å². The molecule has 0 radical (unpaired) electrons. The summed E-state index contributed by atoms with van der Waals surface area (Å²) >= 11 is 0. The van der Waals surface area contributed by atoms with Crippen LogP contribution in [-0.2, 0) is 6.54 Å². The summed E-state index contributed by atoms with van der Waals surface area (Å²) in [7, 11) is 0. The third-order valence-corrected chi connectivity index (χ3v) is 2.10. The summed E-state index contributed by atoms with van der Waals surface area (Å²) in [5, 5.41) is 0.660. The summed E-state index contributed by atoms with van der Waals surface area (Å²) in [5.74, 6) is 0.450. The largest absolute Gasteiger partial charge is 0.346 e. The second-order valence-corrected chi connectivity index (χ2v) is 3.84. The third-order valence-electron chi connectivity index (χ3n) is 2.10. The number of fused-ring (bicyclic) bond motifs is 1. The monoisotopic (exact) mass is 191 g/mol. The molecule has 0 fully saturated rings. The summed E-state index contributed by atoms with van der Waals surface area (Å²) in [5.41, 5.74) is 0.694. The number of nitrogens with one attached hydrogen (secondary N) is 1. The van der Waals surface area contributed by atoms with Gasteiger partial charge in [0.1, 0.15) is 5.65 Å². The van der Waals surface area contributed by atoms with E-state index in [0.29, 0.717) is 23.5 Å². The molecular weight excluding hydrogens is 178 g/mol. The minimum atomic E-state index is 0.0324. The van der Waals surface area contributed by atoms with Gasteiger partial charge < -0.3 is 4.98 Å². The van der Waals surface area contributed by atoms with Crippen molar-refractivity contribution >= 4 is 11.0 Å². The van der Waals surface area contributed by atoms with Crippen LogP contribution in [-0.4, -0.2) is 14.5 Å². The molecule has 0 saturated heterocycles. The number of hydrogen-bond donors (Lipinski definition) is 1. The standard InChI is InChI=1S/C10H13N3O/c1-7(2)5-13-6-12-9-8(10(13)14)3-4-11-9/h3-4,6-7,11H,5H2,1-2H3. The molecule has 0 aliphatic heterocycles. The van der Waals surface area contributed by atoms with Gasteiger partial charge in [0, 0.05) is 12.7 Å². The van der Waals surface area contributed by atoms with Crippen molar-refractivity contribution in [3.05, 3.63) is 28.9 Å². The van der Waals surface area contributed by atoms with Gasteiger partial charge in [-0.2, -0.15) is 0 Å². The lowest BCUT2D eigenvalue weighted by molar-refractivity contribution is 0.508. The van der Waals surface area contributed by atoms with Crippen molar-refractivity contribution in [3.8, 4) is 0 Å². The number of rotatable bonds is 2. The molecule has 0 aliphatic carbocycles. The molecule has 0 spiro atoms. The van der Waals surface area contributed by atoms with Crippen LogP contribution in [0.3, 0.4) is 0 Å². The van der Waals surface area contributed by atoms with Crippen molar-refractivity contribution in [2.75, 3.05) is 0 Å². The maximum absolute atomic E-state index is 11.8. The molecule has 0 amide bonds. The highest BCUT2D eigenvalue weighted by atomic mass is 16.1. The van der Waals surface area contributed by atoms with Gasteiger partial charge >= 0.3 is 0 Å². The van der Waals surface area contributed by atoms with E-state index in [1.54, 1.807) is 23.2 Å². The van der Waals surface area contributed by atoms with Gasteiger partial charge in [-0.1, -0.05) is 13.8 Å². The molecule has 1 N–H and O–H groups in total. The maximum atomic E-state index is 11.8. The van der Waals surface area contributed by atoms with Gasteiger partial charge in [0.2, 0.25) is 0 Å².